The van der Waals surface area contributed by atoms with Gasteiger partial charge in [-0.3, -0.25) is 9.59 Å². The van der Waals surface area contributed by atoms with Crippen LogP contribution in [0.2, 0.25) is 0 Å². The number of nitrogens with zero attached hydrogens (tertiary/aromatic N) is 2. The van der Waals surface area contributed by atoms with Crippen molar-refractivity contribution in [3.05, 3.63) is 70.1 Å². The molecule has 8 nitrogen and oxygen atoms in total. The second-order valence-corrected chi connectivity index (χ2v) is 8.58. The molecule has 2 aromatic rings. The van der Waals surface area contributed by atoms with Crippen molar-refractivity contribution in [2.75, 3.05) is 33.4 Å². The van der Waals surface area contributed by atoms with Crippen molar-refractivity contribution in [2.24, 2.45) is 5.92 Å². The van der Waals surface area contributed by atoms with Crippen LogP contribution in [0, 0.1) is 5.92 Å². The van der Waals surface area contributed by atoms with Crippen LogP contribution in [0.3, 0.4) is 0 Å². The van der Waals surface area contributed by atoms with Crippen molar-refractivity contribution in [3.8, 4) is 0 Å². The fraction of sp³-hybridized carbons (Fsp3) is 0.458. The Morgan fingerprint density at radius 1 is 1.09 bits per heavy atom. The van der Waals surface area contributed by atoms with E-state index in [1.165, 1.54) is 0 Å². The molecule has 3 atom stereocenters. The minimum Gasteiger partial charge on any atom is -0.383 e. The van der Waals surface area contributed by atoms with Crippen molar-refractivity contribution >= 4 is 11.9 Å². The first-order chi connectivity index (χ1) is 15.5. The number of methoxy groups -OCH3 is 1. The third kappa shape index (κ3) is 5.02. The van der Waals surface area contributed by atoms with Crippen LogP contribution >= 0.6 is 0 Å². The molecule has 1 aromatic heterocycles. The van der Waals surface area contributed by atoms with Gasteiger partial charge in [0, 0.05) is 57.4 Å². The van der Waals surface area contributed by atoms with E-state index in [1.54, 1.807) is 24.1 Å². The second-order valence-electron chi connectivity index (χ2n) is 8.58. The number of likely N-dealkylation sites (tertiary alicyclic amines) is 1. The Labute approximate surface area is 187 Å². The van der Waals surface area contributed by atoms with Crippen molar-refractivity contribution in [3.63, 3.8) is 0 Å². The Morgan fingerprint density at radius 3 is 2.69 bits per heavy atom. The highest BCUT2D eigenvalue weighted by molar-refractivity contribution is 5.87. The summed E-state index contributed by atoms with van der Waals surface area (Å²) < 4.78 is 6.85. The van der Waals surface area contributed by atoms with Crippen LogP contribution in [0.4, 0.5) is 4.79 Å². The molecule has 3 heterocycles. The quantitative estimate of drug-likeness (QED) is 0.639. The van der Waals surface area contributed by atoms with Gasteiger partial charge in [-0.15, -0.1) is 0 Å². The Hall–Kier alpha value is -3.13. The molecule has 2 N–H and O–H groups in total. The van der Waals surface area contributed by atoms with E-state index >= 15 is 0 Å². The molecule has 4 rings (SSSR count). The van der Waals surface area contributed by atoms with Gasteiger partial charge in [0.15, 0.2) is 0 Å². The number of ether oxygens (including phenoxy) is 1. The summed E-state index contributed by atoms with van der Waals surface area (Å²) in [6, 6.07) is 14.1. The van der Waals surface area contributed by atoms with Crippen LogP contribution in [0.15, 0.2) is 53.3 Å². The van der Waals surface area contributed by atoms with Gasteiger partial charge in [0.1, 0.15) is 6.04 Å². The molecule has 32 heavy (non-hydrogen) atoms. The molecule has 0 saturated carbocycles. The molecule has 8 heteroatoms. The van der Waals surface area contributed by atoms with Crippen LogP contribution in [0.1, 0.15) is 23.6 Å². The normalized spacial score (nSPS) is 20.2. The van der Waals surface area contributed by atoms with Gasteiger partial charge in [0.25, 0.3) is 5.56 Å². The highest BCUT2D eigenvalue weighted by Crippen LogP contribution is 2.34. The third-order valence-electron chi connectivity index (χ3n) is 6.27. The number of nitrogens with one attached hydrogen (secondary N) is 2. The zero-order valence-corrected chi connectivity index (χ0v) is 18.3. The number of piperidine rings is 1. The van der Waals surface area contributed by atoms with E-state index < -0.39 is 6.04 Å². The standard InChI is InChI=1S/C24H30N4O4/c1-32-11-10-25-23(30)20(13-17-6-3-2-4-7-17)26-24(31)27-14-18-12-19(16-27)21-8-5-9-22(29)28(21)15-18/h2-9,18-20H,10-16H2,1H3,(H,25,30)(H,26,31)/t18?,19?,20-/m0/s1. The predicted octanol–water partition coefficient (Wildman–Crippen LogP) is 1.35. The van der Waals surface area contributed by atoms with E-state index in [9.17, 15) is 14.4 Å². The zero-order valence-electron chi connectivity index (χ0n) is 18.3. The summed E-state index contributed by atoms with van der Waals surface area (Å²) in [7, 11) is 1.58. The number of rotatable bonds is 7. The number of pyridine rings is 1. The topological polar surface area (TPSA) is 92.7 Å². The van der Waals surface area contributed by atoms with E-state index in [1.807, 2.05) is 41.0 Å². The summed E-state index contributed by atoms with van der Waals surface area (Å²) in [5.41, 5.74) is 1.98. The smallest absolute Gasteiger partial charge is 0.318 e. The predicted molar refractivity (Wildman–Crippen MR) is 120 cm³/mol. The van der Waals surface area contributed by atoms with Crippen LogP contribution in [0.25, 0.3) is 0 Å². The molecular formula is C24H30N4O4. The first-order valence-electron chi connectivity index (χ1n) is 11.1. The Bertz CT molecular complexity index is 1010. The van der Waals surface area contributed by atoms with Crippen LogP contribution in [-0.2, 0) is 22.5 Å². The average Bonchev–Trinajstić information content (AvgIpc) is 2.80. The van der Waals surface area contributed by atoms with Crippen molar-refractivity contribution in [1.29, 1.82) is 0 Å². The minimum atomic E-state index is -0.682. The number of urea groups is 1. The SMILES string of the molecule is COCCNC(=O)[C@H](Cc1ccccc1)NC(=O)N1CC2CC(C1)c1cccc(=O)n1C2. The maximum absolute atomic E-state index is 13.2. The minimum absolute atomic E-state index is 0.0192. The molecule has 2 aliphatic heterocycles. The van der Waals surface area contributed by atoms with Gasteiger partial charge in [-0.2, -0.15) is 0 Å². The zero-order chi connectivity index (χ0) is 22.5. The third-order valence-corrected chi connectivity index (χ3v) is 6.27. The maximum Gasteiger partial charge on any atom is 0.318 e. The van der Waals surface area contributed by atoms with Gasteiger partial charge in [-0.05, 0) is 24.0 Å². The van der Waals surface area contributed by atoms with E-state index in [0.717, 1.165) is 17.7 Å². The lowest BCUT2D eigenvalue weighted by atomic mass is 9.83. The molecule has 170 valence electrons. The summed E-state index contributed by atoms with van der Waals surface area (Å²) in [6.07, 6.45) is 1.38. The highest BCUT2D eigenvalue weighted by Gasteiger charge is 2.37. The van der Waals surface area contributed by atoms with Crippen LogP contribution < -0.4 is 16.2 Å². The molecule has 0 aliphatic carbocycles. The van der Waals surface area contributed by atoms with Gasteiger partial charge in [0.2, 0.25) is 5.91 Å². The molecule has 1 saturated heterocycles. The Balaban J connectivity index is 1.45. The number of fused-ring (bicyclic) bond motifs is 4. The van der Waals surface area contributed by atoms with Gasteiger partial charge < -0.3 is 24.8 Å². The lowest BCUT2D eigenvalue weighted by Gasteiger charge is -2.43. The monoisotopic (exact) mass is 438 g/mol. The van der Waals surface area contributed by atoms with Gasteiger partial charge >= 0.3 is 6.03 Å². The summed E-state index contributed by atoms with van der Waals surface area (Å²) in [6.45, 7) is 2.53. The number of hydrogen-bond acceptors (Lipinski definition) is 4. The average molecular weight is 439 g/mol. The van der Waals surface area contributed by atoms with Gasteiger partial charge in [-0.25, -0.2) is 4.79 Å². The Kier molecular flexibility index (Phi) is 6.90. The molecule has 1 aromatic carbocycles. The summed E-state index contributed by atoms with van der Waals surface area (Å²) in [5.74, 6) is 0.133. The van der Waals surface area contributed by atoms with Crippen molar-refractivity contribution in [1.82, 2.24) is 20.1 Å². The molecule has 1 fully saturated rings. The van der Waals surface area contributed by atoms with Gasteiger partial charge in [-0.1, -0.05) is 36.4 Å². The van der Waals surface area contributed by atoms with E-state index in [-0.39, 0.29) is 29.3 Å². The highest BCUT2D eigenvalue weighted by atomic mass is 16.5. The molecule has 3 amide bonds. The first kappa shape index (κ1) is 22.1. The van der Waals surface area contributed by atoms with Crippen molar-refractivity contribution < 1.29 is 14.3 Å². The molecular weight excluding hydrogens is 408 g/mol. The molecule has 0 spiro atoms. The number of aromatic nitrogens is 1. The molecule has 2 unspecified atom stereocenters. The fourth-order valence-electron chi connectivity index (χ4n) is 4.76. The summed E-state index contributed by atoms with van der Waals surface area (Å²) in [5, 5.41) is 5.79. The van der Waals surface area contributed by atoms with E-state index in [2.05, 4.69) is 10.6 Å². The molecule has 2 aliphatic rings. The number of amides is 3. The lowest BCUT2D eigenvalue weighted by Crippen LogP contribution is -2.56. The van der Waals surface area contributed by atoms with Crippen molar-refractivity contribution in [2.45, 2.75) is 31.3 Å². The molecule has 2 bridgehead atoms. The van der Waals surface area contributed by atoms with Crippen LogP contribution in [-0.4, -0.2) is 60.8 Å². The first-order valence-corrected chi connectivity index (χ1v) is 11.1. The second kappa shape index (κ2) is 9.99. The number of carbonyl (C=O) groups excluding carboxylic acids is 2. The van der Waals surface area contributed by atoms with E-state index in [4.69, 9.17) is 4.74 Å². The largest absolute Gasteiger partial charge is 0.383 e. The van der Waals surface area contributed by atoms with Crippen LogP contribution in [0.5, 0.6) is 0 Å². The maximum atomic E-state index is 13.2. The number of hydrogen-bond donors (Lipinski definition) is 2. The fourth-order valence-corrected chi connectivity index (χ4v) is 4.76. The summed E-state index contributed by atoms with van der Waals surface area (Å²) >= 11 is 0. The number of benzene rings is 1. The number of carbonyl (C=O) groups is 2. The van der Waals surface area contributed by atoms with E-state index in [0.29, 0.717) is 39.2 Å². The van der Waals surface area contributed by atoms with Gasteiger partial charge in [0.05, 0.1) is 6.61 Å². The lowest BCUT2D eigenvalue weighted by molar-refractivity contribution is -0.123. The summed E-state index contributed by atoms with van der Waals surface area (Å²) in [4.78, 5) is 40.0. The molecule has 0 radical (unpaired) electrons. The Morgan fingerprint density at radius 2 is 1.91 bits per heavy atom.